The standard InChI is InChI=1S/C16H17N3O4/c1-23-12-4-2-11(3-5-12)19-7-6-10(18-19)9-17-15(20)13-8-14(13)16(21)22/h2-7,13-14H,8-9H2,1H3,(H,17,20)(H,21,22)/t13-,14+/m0/s1. The van der Waals surface area contributed by atoms with Crippen molar-refractivity contribution in [2.45, 2.75) is 13.0 Å². The van der Waals surface area contributed by atoms with Crippen LogP contribution < -0.4 is 10.1 Å². The summed E-state index contributed by atoms with van der Waals surface area (Å²) in [6.07, 6.45) is 2.22. The zero-order valence-electron chi connectivity index (χ0n) is 12.6. The van der Waals surface area contributed by atoms with Crippen LogP contribution >= 0.6 is 0 Å². The summed E-state index contributed by atoms with van der Waals surface area (Å²) in [4.78, 5) is 22.6. The third-order valence-electron chi connectivity index (χ3n) is 3.87. The Bertz CT molecular complexity index is 723. The summed E-state index contributed by atoms with van der Waals surface area (Å²) in [5.74, 6) is -1.31. The Morgan fingerprint density at radius 3 is 2.65 bits per heavy atom. The molecule has 0 saturated heterocycles. The molecule has 1 saturated carbocycles. The normalized spacial score (nSPS) is 19.2. The Morgan fingerprint density at radius 1 is 1.30 bits per heavy atom. The molecule has 0 spiro atoms. The molecule has 0 bridgehead atoms. The lowest BCUT2D eigenvalue weighted by Crippen LogP contribution is -2.26. The van der Waals surface area contributed by atoms with Crippen LogP contribution in [-0.2, 0) is 16.1 Å². The first-order valence-electron chi connectivity index (χ1n) is 7.28. The summed E-state index contributed by atoms with van der Waals surface area (Å²) in [5, 5.41) is 15.9. The van der Waals surface area contributed by atoms with Gasteiger partial charge in [-0.1, -0.05) is 0 Å². The van der Waals surface area contributed by atoms with Gasteiger partial charge in [0.25, 0.3) is 0 Å². The van der Waals surface area contributed by atoms with Crippen molar-refractivity contribution in [2.75, 3.05) is 7.11 Å². The number of aromatic nitrogens is 2. The van der Waals surface area contributed by atoms with Gasteiger partial charge in [0.2, 0.25) is 5.91 Å². The number of ether oxygens (including phenoxy) is 1. The van der Waals surface area contributed by atoms with Gasteiger partial charge in [0, 0.05) is 6.20 Å². The fourth-order valence-corrected chi connectivity index (χ4v) is 2.40. The molecule has 0 unspecified atom stereocenters. The molecule has 1 aliphatic carbocycles. The topological polar surface area (TPSA) is 93.5 Å². The number of rotatable bonds is 6. The molecule has 1 aromatic carbocycles. The van der Waals surface area contributed by atoms with Crippen LogP contribution in [0.5, 0.6) is 5.75 Å². The molecule has 0 radical (unpaired) electrons. The van der Waals surface area contributed by atoms with E-state index in [4.69, 9.17) is 9.84 Å². The minimum absolute atomic E-state index is 0.226. The summed E-state index contributed by atoms with van der Waals surface area (Å²) in [6.45, 7) is 0.283. The predicted molar refractivity (Wildman–Crippen MR) is 81.2 cm³/mol. The molecule has 1 fully saturated rings. The van der Waals surface area contributed by atoms with Crippen molar-refractivity contribution in [1.29, 1.82) is 0 Å². The molecule has 1 heterocycles. The molecular weight excluding hydrogens is 298 g/mol. The van der Waals surface area contributed by atoms with E-state index in [1.165, 1.54) is 0 Å². The number of hydrogen-bond acceptors (Lipinski definition) is 4. The molecule has 0 aliphatic heterocycles. The lowest BCUT2D eigenvalue weighted by Gasteiger charge is -2.04. The van der Waals surface area contributed by atoms with Gasteiger partial charge in [-0.15, -0.1) is 0 Å². The smallest absolute Gasteiger partial charge is 0.307 e. The van der Waals surface area contributed by atoms with E-state index in [1.807, 2.05) is 30.3 Å². The first-order chi connectivity index (χ1) is 11.1. The number of carboxylic acids is 1. The van der Waals surface area contributed by atoms with Crippen LogP contribution in [0, 0.1) is 11.8 Å². The summed E-state index contributed by atoms with van der Waals surface area (Å²) >= 11 is 0. The van der Waals surface area contributed by atoms with E-state index in [9.17, 15) is 9.59 Å². The molecule has 2 N–H and O–H groups in total. The molecular formula is C16H17N3O4. The van der Waals surface area contributed by atoms with Gasteiger partial charge in [-0.3, -0.25) is 9.59 Å². The molecule has 23 heavy (non-hydrogen) atoms. The van der Waals surface area contributed by atoms with Gasteiger partial charge in [-0.25, -0.2) is 4.68 Å². The van der Waals surface area contributed by atoms with Gasteiger partial charge in [0.15, 0.2) is 0 Å². The Morgan fingerprint density at radius 2 is 2.04 bits per heavy atom. The van der Waals surface area contributed by atoms with Gasteiger partial charge in [0.1, 0.15) is 5.75 Å². The Kier molecular flexibility index (Phi) is 4.01. The first kappa shape index (κ1) is 15.1. The van der Waals surface area contributed by atoms with Crippen molar-refractivity contribution in [3.63, 3.8) is 0 Å². The number of amides is 1. The zero-order chi connectivity index (χ0) is 16.4. The zero-order valence-corrected chi connectivity index (χ0v) is 12.6. The number of nitrogens with zero attached hydrogens (tertiary/aromatic N) is 2. The fourth-order valence-electron chi connectivity index (χ4n) is 2.40. The van der Waals surface area contributed by atoms with E-state index in [-0.39, 0.29) is 12.5 Å². The Balaban J connectivity index is 1.57. The van der Waals surface area contributed by atoms with Crippen LogP contribution in [-0.4, -0.2) is 33.9 Å². The number of nitrogens with one attached hydrogen (secondary N) is 1. The van der Waals surface area contributed by atoms with Crippen molar-refractivity contribution in [3.8, 4) is 11.4 Å². The quantitative estimate of drug-likeness (QED) is 0.836. The van der Waals surface area contributed by atoms with Crippen molar-refractivity contribution in [2.24, 2.45) is 11.8 Å². The van der Waals surface area contributed by atoms with E-state index < -0.39 is 17.8 Å². The predicted octanol–water partition coefficient (Wildman–Crippen LogP) is 1.22. The highest BCUT2D eigenvalue weighted by Gasteiger charge is 2.48. The average Bonchev–Trinajstić information content (AvgIpc) is 3.24. The van der Waals surface area contributed by atoms with E-state index in [0.717, 1.165) is 11.4 Å². The number of carbonyl (C=O) groups is 2. The Hall–Kier alpha value is -2.83. The van der Waals surface area contributed by atoms with E-state index in [2.05, 4.69) is 10.4 Å². The SMILES string of the molecule is COc1ccc(-n2ccc(CNC(=O)[C@H]3C[C@H]3C(=O)O)n2)cc1. The molecule has 7 nitrogen and oxygen atoms in total. The van der Waals surface area contributed by atoms with Gasteiger partial charge in [-0.05, 0) is 36.8 Å². The van der Waals surface area contributed by atoms with Crippen molar-refractivity contribution in [3.05, 3.63) is 42.2 Å². The van der Waals surface area contributed by atoms with Crippen molar-refractivity contribution >= 4 is 11.9 Å². The lowest BCUT2D eigenvalue weighted by molar-refractivity contribution is -0.140. The summed E-state index contributed by atoms with van der Waals surface area (Å²) in [5.41, 5.74) is 1.60. The second-order valence-electron chi connectivity index (χ2n) is 5.45. The second kappa shape index (κ2) is 6.12. The third-order valence-corrected chi connectivity index (χ3v) is 3.87. The van der Waals surface area contributed by atoms with Gasteiger partial charge >= 0.3 is 5.97 Å². The minimum Gasteiger partial charge on any atom is -0.497 e. The maximum atomic E-state index is 11.8. The highest BCUT2D eigenvalue weighted by molar-refractivity contribution is 5.89. The van der Waals surface area contributed by atoms with E-state index >= 15 is 0 Å². The van der Waals surface area contributed by atoms with Gasteiger partial charge in [0.05, 0.1) is 36.9 Å². The van der Waals surface area contributed by atoms with Crippen LogP contribution in [0.15, 0.2) is 36.5 Å². The number of carbonyl (C=O) groups excluding carboxylic acids is 1. The summed E-state index contributed by atoms with van der Waals surface area (Å²) in [6, 6.07) is 9.27. The maximum absolute atomic E-state index is 11.8. The third kappa shape index (κ3) is 3.33. The molecule has 3 rings (SSSR count). The second-order valence-corrected chi connectivity index (χ2v) is 5.45. The van der Waals surface area contributed by atoms with Crippen molar-refractivity contribution < 1.29 is 19.4 Å². The first-order valence-corrected chi connectivity index (χ1v) is 7.28. The molecule has 2 aromatic rings. The van der Waals surface area contributed by atoms with Crippen LogP contribution in [0.2, 0.25) is 0 Å². The molecule has 1 aliphatic rings. The van der Waals surface area contributed by atoms with Crippen LogP contribution in [0.3, 0.4) is 0 Å². The highest BCUT2D eigenvalue weighted by Crippen LogP contribution is 2.38. The van der Waals surface area contributed by atoms with Gasteiger partial charge < -0.3 is 15.2 Å². The summed E-state index contributed by atoms with van der Waals surface area (Å²) < 4.78 is 6.82. The molecule has 1 amide bonds. The minimum atomic E-state index is -0.908. The van der Waals surface area contributed by atoms with Crippen molar-refractivity contribution in [1.82, 2.24) is 15.1 Å². The number of carboxylic acid groups (broad SMARTS) is 1. The number of hydrogen-bond donors (Lipinski definition) is 2. The molecule has 2 atom stereocenters. The van der Waals surface area contributed by atoms with Crippen LogP contribution in [0.4, 0.5) is 0 Å². The molecule has 120 valence electrons. The highest BCUT2D eigenvalue weighted by atomic mass is 16.5. The lowest BCUT2D eigenvalue weighted by atomic mass is 10.3. The number of aliphatic carboxylic acids is 1. The number of methoxy groups -OCH3 is 1. The monoisotopic (exact) mass is 315 g/mol. The van der Waals surface area contributed by atoms with Crippen LogP contribution in [0.25, 0.3) is 5.69 Å². The summed E-state index contributed by atoms with van der Waals surface area (Å²) in [7, 11) is 1.61. The molecule has 1 aromatic heterocycles. The number of benzene rings is 1. The molecule has 7 heteroatoms. The fraction of sp³-hybridized carbons (Fsp3) is 0.312. The van der Waals surface area contributed by atoms with E-state index in [1.54, 1.807) is 18.0 Å². The van der Waals surface area contributed by atoms with Crippen LogP contribution in [0.1, 0.15) is 12.1 Å². The average molecular weight is 315 g/mol. The van der Waals surface area contributed by atoms with E-state index in [0.29, 0.717) is 12.1 Å². The largest absolute Gasteiger partial charge is 0.497 e. The Labute approximate surface area is 132 Å². The maximum Gasteiger partial charge on any atom is 0.307 e. The van der Waals surface area contributed by atoms with Gasteiger partial charge in [-0.2, -0.15) is 5.10 Å².